The number of carbonyl (C=O) groups excluding carboxylic acids is 2. The quantitative estimate of drug-likeness (QED) is 0.228. The lowest BCUT2D eigenvalue weighted by atomic mass is 10.0. The SMILES string of the molecule is CCCn1c(SCC(=O)Nc2scc(-c3ccc(OC)cc3)c2C(=O)OC)nnc1-c1ccco1. The summed E-state index contributed by atoms with van der Waals surface area (Å²) in [5.74, 6) is 1.25. The molecule has 1 aromatic carbocycles. The van der Waals surface area contributed by atoms with E-state index in [1.165, 1.54) is 30.2 Å². The average molecular weight is 513 g/mol. The molecule has 3 aromatic heterocycles. The van der Waals surface area contributed by atoms with E-state index >= 15 is 0 Å². The van der Waals surface area contributed by atoms with Gasteiger partial charge in [0.05, 0.1) is 26.2 Å². The van der Waals surface area contributed by atoms with Crippen molar-refractivity contribution in [2.24, 2.45) is 0 Å². The van der Waals surface area contributed by atoms with Crippen LogP contribution in [0.3, 0.4) is 0 Å². The van der Waals surface area contributed by atoms with Gasteiger partial charge in [-0.25, -0.2) is 4.79 Å². The molecular formula is C24H24N4O5S2. The fraction of sp³-hybridized carbons (Fsp3) is 0.250. The van der Waals surface area contributed by atoms with Gasteiger partial charge in [-0.05, 0) is 36.2 Å². The molecule has 0 spiro atoms. The van der Waals surface area contributed by atoms with E-state index in [9.17, 15) is 9.59 Å². The lowest BCUT2D eigenvalue weighted by Crippen LogP contribution is -2.16. The zero-order valence-corrected chi connectivity index (χ0v) is 21.1. The Morgan fingerprint density at radius 2 is 1.97 bits per heavy atom. The summed E-state index contributed by atoms with van der Waals surface area (Å²) in [6, 6.07) is 10.9. The van der Waals surface area contributed by atoms with Crippen molar-refractivity contribution in [1.29, 1.82) is 0 Å². The summed E-state index contributed by atoms with van der Waals surface area (Å²) >= 11 is 2.54. The van der Waals surface area contributed by atoms with Gasteiger partial charge in [-0.3, -0.25) is 9.36 Å². The molecular weight excluding hydrogens is 488 g/mol. The molecule has 0 fully saturated rings. The lowest BCUT2D eigenvalue weighted by Gasteiger charge is -2.09. The molecule has 0 unspecified atom stereocenters. The van der Waals surface area contributed by atoms with Gasteiger partial charge in [0.1, 0.15) is 16.3 Å². The molecule has 1 N–H and O–H groups in total. The zero-order valence-electron chi connectivity index (χ0n) is 19.4. The summed E-state index contributed by atoms with van der Waals surface area (Å²) in [4.78, 5) is 25.4. The number of hydrogen-bond acceptors (Lipinski definition) is 9. The van der Waals surface area contributed by atoms with E-state index in [0.29, 0.717) is 45.2 Å². The molecule has 0 radical (unpaired) electrons. The van der Waals surface area contributed by atoms with Crippen LogP contribution in [-0.2, 0) is 16.1 Å². The highest BCUT2D eigenvalue weighted by Gasteiger charge is 2.23. The molecule has 182 valence electrons. The Kier molecular flexibility index (Phi) is 7.88. The molecule has 0 bridgehead atoms. The number of ether oxygens (including phenoxy) is 2. The minimum atomic E-state index is -0.522. The van der Waals surface area contributed by atoms with Gasteiger partial charge in [0.25, 0.3) is 0 Å². The van der Waals surface area contributed by atoms with Crippen LogP contribution in [0, 0.1) is 0 Å². The molecule has 1 amide bonds. The standard InChI is InChI=1S/C24H24N4O5S2/c1-4-11-28-21(18-6-5-12-33-18)26-27-24(28)35-14-19(29)25-22-20(23(30)32-3)17(13-34-22)15-7-9-16(31-2)10-8-15/h5-10,12-13H,4,11,14H2,1-3H3,(H,25,29). The van der Waals surface area contributed by atoms with Crippen molar-refractivity contribution in [3.63, 3.8) is 0 Å². The fourth-order valence-corrected chi connectivity index (χ4v) is 5.18. The van der Waals surface area contributed by atoms with E-state index in [1.807, 2.05) is 40.3 Å². The van der Waals surface area contributed by atoms with E-state index in [4.69, 9.17) is 13.9 Å². The van der Waals surface area contributed by atoms with Crippen LogP contribution in [0.5, 0.6) is 5.75 Å². The number of hydrogen-bond donors (Lipinski definition) is 1. The monoisotopic (exact) mass is 512 g/mol. The topological polar surface area (TPSA) is 108 Å². The number of benzene rings is 1. The van der Waals surface area contributed by atoms with Crippen molar-refractivity contribution in [1.82, 2.24) is 14.8 Å². The molecule has 3 heterocycles. The number of carbonyl (C=O) groups is 2. The number of amides is 1. The van der Waals surface area contributed by atoms with Gasteiger partial charge < -0.3 is 19.2 Å². The molecule has 0 saturated heterocycles. The van der Waals surface area contributed by atoms with Crippen LogP contribution in [0.25, 0.3) is 22.7 Å². The van der Waals surface area contributed by atoms with E-state index in [-0.39, 0.29) is 11.7 Å². The van der Waals surface area contributed by atoms with Gasteiger partial charge in [-0.15, -0.1) is 21.5 Å². The average Bonchev–Trinajstić information content (AvgIpc) is 3.63. The molecule has 4 rings (SSSR count). The fourth-order valence-electron chi connectivity index (χ4n) is 3.44. The number of anilines is 1. The van der Waals surface area contributed by atoms with Crippen LogP contribution >= 0.6 is 23.1 Å². The third kappa shape index (κ3) is 5.41. The Balaban J connectivity index is 1.50. The molecule has 0 aliphatic carbocycles. The molecule has 0 aliphatic heterocycles. The first-order valence-corrected chi connectivity index (χ1v) is 12.7. The van der Waals surface area contributed by atoms with E-state index in [0.717, 1.165) is 12.0 Å². The van der Waals surface area contributed by atoms with Gasteiger partial charge in [0.2, 0.25) is 5.91 Å². The number of furan rings is 1. The van der Waals surface area contributed by atoms with Crippen LogP contribution in [0.15, 0.2) is 57.6 Å². The highest BCUT2D eigenvalue weighted by atomic mass is 32.2. The second-order valence-electron chi connectivity index (χ2n) is 7.35. The number of aromatic nitrogens is 3. The minimum Gasteiger partial charge on any atom is -0.497 e. The summed E-state index contributed by atoms with van der Waals surface area (Å²) < 4.78 is 17.6. The molecule has 0 saturated carbocycles. The van der Waals surface area contributed by atoms with Crippen molar-refractivity contribution < 1.29 is 23.5 Å². The molecule has 35 heavy (non-hydrogen) atoms. The van der Waals surface area contributed by atoms with Crippen LogP contribution in [0.2, 0.25) is 0 Å². The number of rotatable bonds is 10. The maximum atomic E-state index is 12.8. The first-order chi connectivity index (χ1) is 17.0. The maximum absolute atomic E-state index is 12.8. The van der Waals surface area contributed by atoms with Crippen LogP contribution in [0.1, 0.15) is 23.7 Å². The first kappa shape index (κ1) is 24.6. The van der Waals surface area contributed by atoms with E-state index in [2.05, 4.69) is 22.4 Å². The highest BCUT2D eigenvalue weighted by molar-refractivity contribution is 7.99. The number of methoxy groups -OCH3 is 2. The van der Waals surface area contributed by atoms with Crippen molar-refractivity contribution in [2.75, 3.05) is 25.3 Å². The van der Waals surface area contributed by atoms with Gasteiger partial charge >= 0.3 is 5.97 Å². The van der Waals surface area contributed by atoms with Crippen molar-refractivity contribution in [2.45, 2.75) is 25.0 Å². The predicted molar refractivity (Wildman–Crippen MR) is 135 cm³/mol. The number of nitrogens with zero attached hydrogens (tertiary/aromatic N) is 3. The molecule has 0 atom stereocenters. The van der Waals surface area contributed by atoms with Crippen LogP contribution in [-0.4, -0.2) is 46.6 Å². The summed E-state index contributed by atoms with van der Waals surface area (Å²) in [5, 5.41) is 14.2. The molecule has 9 nitrogen and oxygen atoms in total. The largest absolute Gasteiger partial charge is 0.497 e. The first-order valence-electron chi connectivity index (χ1n) is 10.8. The Morgan fingerprint density at radius 1 is 1.17 bits per heavy atom. The summed E-state index contributed by atoms with van der Waals surface area (Å²) in [6.07, 6.45) is 2.46. The molecule has 0 aliphatic rings. The number of thioether (sulfide) groups is 1. The Morgan fingerprint density at radius 3 is 2.63 bits per heavy atom. The summed E-state index contributed by atoms with van der Waals surface area (Å²) in [6.45, 7) is 2.74. The highest BCUT2D eigenvalue weighted by Crippen LogP contribution is 2.37. The second-order valence-corrected chi connectivity index (χ2v) is 9.17. The Bertz CT molecular complexity index is 1300. The third-order valence-corrected chi connectivity index (χ3v) is 6.93. The zero-order chi connectivity index (χ0) is 24.8. The van der Waals surface area contributed by atoms with Gasteiger partial charge in [-0.2, -0.15) is 0 Å². The lowest BCUT2D eigenvalue weighted by molar-refractivity contribution is -0.113. The van der Waals surface area contributed by atoms with Gasteiger partial charge in [0.15, 0.2) is 16.7 Å². The van der Waals surface area contributed by atoms with Crippen molar-refractivity contribution in [3.8, 4) is 28.5 Å². The summed E-state index contributed by atoms with van der Waals surface area (Å²) in [5.41, 5.74) is 1.81. The van der Waals surface area contributed by atoms with Crippen LogP contribution < -0.4 is 10.1 Å². The molecule has 4 aromatic rings. The van der Waals surface area contributed by atoms with E-state index in [1.54, 1.807) is 19.4 Å². The van der Waals surface area contributed by atoms with Crippen molar-refractivity contribution in [3.05, 3.63) is 53.6 Å². The normalized spacial score (nSPS) is 10.8. The number of thiophene rings is 1. The number of nitrogens with one attached hydrogen (secondary N) is 1. The van der Waals surface area contributed by atoms with Crippen LogP contribution in [0.4, 0.5) is 5.00 Å². The summed E-state index contributed by atoms with van der Waals surface area (Å²) in [7, 11) is 2.91. The van der Waals surface area contributed by atoms with Crippen molar-refractivity contribution >= 4 is 40.0 Å². The smallest absolute Gasteiger partial charge is 0.341 e. The van der Waals surface area contributed by atoms with Gasteiger partial charge in [-0.1, -0.05) is 30.8 Å². The Hall–Kier alpha value is -3.57. The number of esters is 1. The van der Waals surface area contributed by atoms with E-state index < -0.39 is 5.97 Å². The molecule has 11 heteroatoms. The minimum absolute atomic E-state index is 0.0936. The second kappa shape index (κ2) is 11.2. The predicted octanol–water partition coefficient (Wildman–Crippen LogP) is 5.20. The third-order valence-electron chi connectivity index (χ3n) is 5.07. The van der Waals surface area contributed by atoms with Gasteiger partial charge in [0, 0.05) is 17.5 Å². The maximum Gasteiger partial charge on any atom is 0.341 e. The Labute approximate surface area is 210 Å².